The molecule has 0 bridgehead atoms. The topological polar surface area (TPSA) is 112 Å². The molecule has 1 aromatic carbocycles. The molecular weight excluding hydrogens is 389 g/mol. The fourth-order valence-corrected chi connectivity index (χ4v) is 3.24. The molecule has 8 nitrogen and oxygen atoms in total. The van der Waals surface area contributed by atoms with Crippen LogP contribution in [0.3, 0.4) is 0 Å². The summed E-state index contributed by atoms with van der Waals surface area (Å²) in [5, 5.41) is 10.0. The third-order valence-corrected chi connectivity index (χ3v) is 4.60. The molecule has 0 spiro atoms. The summed E-state index contributed by atoms with van der Waals surface area (Å²) in [6.45, 7) is 0.620. The third kappa shape index (κ3) is 3.43. The Kier molecular flexibility index (Phi) is 4.99. The Labute approximate surface area is 154 Å². The molecule has 1 unspecified atom stereocenters. The van der Waals surface area contributed by atoms with Gasteiger partial charge in [-0.2, -0.15) is 0 Å². The molecule has 3 N–H and O–H groups in total. The van der Waals surface area contributed by atoms with Gasteiger partial charge in [0.2, 0.25) is 5.43 Å². The highest BCUT2D eigenvalue weighted by atomic mass is 35.5. The molecule has 1 atom stereocenters. The summed E-state index contributed by atoms with van der Waals surface area (Å²) in [5.74, 6) is -1.98. The van der Waals surface area contributed by atoms with Gasteiger partial charge in [0.05, 0.1) is 5.02 Å². The standard InChI is InChI=1S/C15H13ClFN3O5S/c16-9-5-8(1-2-10(9)17)6-20-4-3-19-7-11(18-26(24)25)13(21)14(22)12(19)15(20)23/h1-2,5,7,18,22H,3-4,6H2,(H,24,25). The molecule has 0 fully saturated rings. The van der Waals surface area contributed by atoms with Crippen LogP contribution < -0.4 is 10.2 Å². The van der Waals surface area contributed by atoms with Gasteiger partial charge in [0, 0.05) is 25.8 Å². The van der Waals surface area contributed by atoms with E-state index in [4.69, 9.17) is 16.2 Å². The van der Waals surface area contributed by atoms with E-state index >= 15 is 0 Å². The number of hydrogen-bond acceptors (Lipinski definition) is 4. The molecular formula is C15H13ClFN3O5S. The zero-order valence-corrected chi connectivity index (χ0v) is 14.7. The van der Waals surface area contributed by atoms with Crippen molar-refractivity contribution in [1.29, 1.82) is 0 Å². The van der Waals surface area contributed by atoms with Gasteiger partial charge in [-0.05, 0) is 17.7 Å². The number of carbonyl (C=O) groups excluding carboxylic acids is 1. The van der Waals surface area contributed by atoms with E-state index < -0.39 is 34.2 Å². The van der Waals surface area contributed by atoms with Crippen LogP contribution in [0.15, 0.2) is 29.2 Å². The van der Waals surface area contributed by atoms with Crippen molar-refractivity contribution >= 4 is 34.5 Å². The molecule has 0 saturated carbocycles. The third-order valence-electron chi connectivity index (χ3n) is 3.91. The molecule has 2 aromatic rings. The summed E-state index contributed by atoms with van der Waals surface area (Å²) in [6, 6.07) is 4.07. The van der Waals surface area contributed by atoms with Crippen LogP contribution in [0.2, 0.25) is 5.02 Å². The normalized spacial score (nSPS) is 14.9. The van der Waals surface area contributed by atoms with E-state index in [2.05, 4.69) is 0 Å². The van der Waals surface area contributed by atoms with Gasteiger partial charge in [-0.1, -0.05) is 17.7 Å². The molecule has 3 rings (SSSR count). The van der Waals surface area contributed by atoms with Crippen LogP contribution in [0.4, 0.5) is 10.1 Å². The lowest BCUT2D eigenvalue weighted by atomic mass is 10.1. The van der Waals surface area contributed by atoms with Gasteiger partial charge in [-0.3, -0.25) is 18.9 Å². The zero-order valence-electron chi connectivity index (χ0n) is 13.1. The number of carbonyl (C=O) groups is 1. The zero-order chi connectivity index (χ0) is 19.0. The number of fused-ring (bicyclic) bond motifs is 1. The summed E-state index contributed by atoms with van der Waals surface area (Å²) < 4.78 is 36.3. The Morgan fingerprint density at radius 2 is 2.04 bits per heavy atom. The molecule has 26 heavy (non-hydrogen) atoms. The maximum Gasteiger partial charge on any atom is 0.274 e. The number of nitrogens with one attached hydrogen (secondary N) is 1. The van der Waals surface area contributed by atoms with E-state index in [-0.39, 0.29) is 36.0 Å². The number of pyridine rings is 1. The summed E-state index contributed by atoms with van der Waals surface area (Å²) in [5.41, 5.74) is -0.880. The second-order valence-electron chi connectivity index (χ2n) is 5.59. The average molecular weight is 402 g/mol. The second-order valence-corrected chi connectivity index (χ2v) is 6.70. The van der Waals surface area contributed by atoms with E-state index in [9.17, 15) is 23.3 Å². The van der Waals surface area contributed by atoms with Crippen LogP contribution in [0.25, 0.3) is 0 Å². The predicted octanol–water partition coefficient (Wildman–Crippen LogP) is 1.55. The quantitative estimate of drug-likeness (QED) is 0.673. The minimum Gasteiger partial charge on any atom is -0.502 e. The largest absolute Gasteiger partial charge is 0.502 e. The van der Waals surface area contributed by atoms with E-state index in [1.165, 1.54) is 33.9 Å². The highest BCUT2D eigenvalue weighted by molar-refractivity contribution is 7.80. The summed E-state index contributed by atoms with van der Waals surface area (Å²) in [7, 11) is 0. The van der Waals surface area contributed by atoms with Crippen molar-refractivity contribution in [1.82, 2.24) is 9.47 Å². The molecule has 1 aromatic heterocycles. The van der Waals surface area contributed by atoms with Gasteiger partial charge >= 0.3 is 0 Å². The van der Waals surface area contributed by atoms with Crippen molar-refractivity contribution in [2.75, 3.05) is 11.3 Å². The lowest BCUT2D eigenvalue weighted by Crippen LogP contribution is -2.41. The Bertz CT molecular complexity index is 980. The molecule has 2 heterocycles. The number of benzene rings is 1. The first-order valence-corrected chi connectivity index (χ1v) is 8.83. The minimum atomic E-state index is -2.50. The first-order valence-electron chi connectivity index (χ1n) is 7.35. The predicted molar refractivity (Wildman–Crippen MR) is 92.9 cm³/mol. The Balaban J connectivity index is 1.92. The molecule has 0 saturated heterocycles. The van der Waals surface area contributed by atoms with Crippen molar-refractivity contribution < 1.29 is 23.1 Å². The lowest BCUT2D eigenvalue weighted by molar-refractivity contribution is 0.0683. The fraction of sp³-hybridized carbons (Fsp3) is 0.200. The number of nitrogens with zero attached hydrogens (tertiary/aromatic N) is 2. The number of halogens is 2. The first kappa shape index (κ1) is 18.4. The van der Waals surface area contributed by atoms with Crippen LogP contribution in [0.1, 0.15) is 16.1 Å². The number of rotatable bonds is 4. The molecule has 1 aliphatic heterocycles. The van der Waals surface area contributed by atoms with Gasteiger partial charge in [0.25, 0.3) is 17.2 Å². The SMILES string of the molecule is O=C1c2c(O)c(=O)c(NS(=O)O)cn2CCN1Cc1ccc(F)c(Cl)c1. The monoisotopic (exact) mass is 401 g/mol. The molecule has 11 heteroatoms. The smallest absolute Gasteiger partial charge is 0.274 e. The number of hydrogen-bond donors (Lipinski definition) is 3. The molecule has 138 valence electrons. The number of aromatic nitrogens is 1. The highest BCUT2D eigenvalue weighted by Gasteiger charge is 2.29. The number of anilines is 1. The van der Waals surface area contributed by atoms with Crippen LogP contribution in [-0.2, 0) is 24.4 Å². The fourth-order valence-electron chi connectivity index (χ4n) is 2.71. The van der Waals surface area contributed by atoms with Gasteiger partial charge < -0.3 is 14.6 Å². The molecule has 0 aliphatic carbocycles. The van der Waals surface area contributed by atoms with Gasteiger partial charge in [-0.15, -0.1) is 0 Å². The molecule has 1 aliphatic rings. The number of aromatic hydroxyl groups is 1. The van der Waals surface area contributed by atoms with E-state index in [0.717, 1.165) is 0 Å². The Hall–Kier alpha value is -2.43. The first-order chi connectivity index (χ1) is 12.3. The average Bonchev–Trinajstić information content (AvgIpc) is 2.57. The van der Waals surface area contributed by atoms with Crippen LogP contribution >= 0.6 is 11.6 Å². The maximum atomic E-state index is 13.2. The van der Waals surface area contributed by atoms with E-state index in [1.54, 1.807) is 0 Å². The number of amides is 1. The lowest BCUT2D eigenvalue weighted by Gasteiger charge is -2.30. The summed E-state index contributed by atoms with van der Waals surface area (Å²) in [4.78, 5) is 26.1. The van der Waals surface area contributed by atoms with Gasteiger partial charge in [0.1, 0.15) is 11.5 Å². The molecule has 0 radical (unpaired) electrons. The Morgan fingerprint density at radius 1 is 1.31 bits per heavy atom. The molecule has 1 amide bonds. The summed E-state index contributed by atoms with van der Waals surface area (Å²) in [6.07, 6.45) is 1.20. The van der Waals surface area contributed by atoms with Crippen LogP contribution in [-0.4, -0.2) is 35.8 Å². The second kappa shape index (κ2) is 7.06. The van der Waals surface area contributed by atoms with Crippen molar-refractivity contribution in [3.63, 3.8) is 0 Å². The van der Waals surface area contributed by atoms with E-state index in [0.29, 0.717) is 5.56 Å². The Morgan fingerprint density at radius 3 is 2.69 bits per heavy atom. The van der Waals surface area contributed by atoms with Crippen molar-refractivity contribution in [2.45, 2.75) is 13.1 Å². The van der Waals surface area contributed by atoms with Gasteiger partial charge in [-0.25, -0.2) is 8.60 Å². The minimum absolute atomic E-state index is 0.0702. The van der Waals surface area contributed by atoms with Crippen molar-refractivity contribution in [3.05, 3.63) is 56.7 Å². The van der Waals surface area contributed by atoms with Crippen LogP contribution in [0.5, 0.6) is 5.75 Å². The van der Waals surface area contributed by atoms with Crippen molar-refractivity contribution in [3.8, 4) is 5.75 Å². The van der Waals surface area contributed by atoms with Crippen molar-refractivity contribution in [2.24, 2.45) is 0 Å². The highest BCUT2D eigenvalue weighted by Crippen LogP contribution is 2.24. The van der Waals surface area contributed by atoms with Gasteiger partial charge in [0.15, 0.2) is 11.4 Å². The summed E-state index contributed by atoms with van der Waals surface area (Å²) >= 11 is 3.24. The van der Waals surface area contributed by atoms with E-state index in [1.807, 2.05) is 4.72 Å². The maximum absolute atomic E-state index is 13.2. The van der Waals surface area contributed by atoms with Crippen LogP contribution in [0, 0.1) is 5.82 Å².